The number of nitrogens with zero attached hydrogens (tertiary/aromatic N) is 2. The van der Waals surface area contributed by atoms with Crippen LogP contribution in [0.5, 0.6) is 0 Å². The third kappa shape index (κ3) is 3.20. The van der Waals surface area contributed by atoms with Crippen LogP contribution in [0.4, 0.5) is 13.2 Å². The van der Waals surface area contributed by atoms with Crippen molar-refractivity contribution in [1.29, 1.82) is 0 Å². The van der Waals surface area contributed by atoms with Crippen molar-refractivity contribution in [3.05, 3.63) is 33.7 Å². The number of fused-ring (bicyclic) bond motifs is 1. The van der Waals surface area contributed by atoms with Gasteiger partial charge in [0.2, 0.25) is 0 Å². The summed E-state index contributed by atoms with van der Waals surface area (Å²) in [6.07, 6.45) is -6.22. The van der Waals surface area contributed by atoms with Crippen LogP contribution in [-0.4, -0.2) is 31.7 Å². The van der Waals surface area contributed by atoms with Crippen molar-refractivity contribution in [3.8, 4) is 0 Å². The summed E-state index contributed by atoms with van der Waals surface area (Å²) in [4.78, 5) is 15.3. The van der Waals surface area contributed by atoms with E-state index in [1.54, 1.807) is 20.8 Å². The molecule has 0 aromatic carbocycles. The summed E-state index contributed by atoms with van der Waals surface area (Å²) < 4.78 is 40.2. The predicted molar refractivity (Wildman–Crippen MR) is 79.6 cm³/mol. The highest BCUT2D eigenvalue weighted by atomic mass is 79.9. The lowest BCUT2D eigenvalue weighted by Crippen LogP contribution is -2.22. The van der Waals surface area contributed by atoms with Gasteiger partial charge in [0.05, 0.1) is 5.69 Å². The summed E-state index contributed by atoms with van der Waals surface area (Å²) in [6, 6.07) is 1.08. The molecule has 2 aromatic rings. The molecule has 2 N–H and O–H groups in total. The minimum absolute atomic E-state index is 0.236. The summed E-state index contributed by atoms with van der Waals surface area (Å²) in [5, 5.41) is 18.9. The van der Waals surface area contributed by atoms with Crippen LogP contribution in [0.25, 0.3) is 5.65 Å². The Bertz CT molecular complexity index is 778. The molecule has 0 fully saturated rings. The fourth-order valence-corrected chi connectivity index (χ4v) is 2.83. The molecular weight excluding hydrogens is 381 g/mol. The quantitative estimate of drug-likeness (QED) is 0.814. The van der Waals surface area contributed by atoms with Crippen LogP contribution in [0.3, 0.4) is 0 Å². The Labute approximate surface area is 137 Å². The number of hydrogen-bond acceptors (Lipinski definition) is 3. The number of hydrogen-bond donors (Lipinski definition) is 2. The molecule has 0 bridgehead atoms. The number of carboxylic acid groups (broad SMARTS) is 1. The number of aliphatic hydroxyl groups is 1. The first-order valence-corrected chi connectivity index (χ1v) is 7.33. The highest BCUT2D eigenvalue weighted by Gasteiger charge is 2.42. The lowest BCUT2D eigenvalue weighted by molar-refractivity contribution is -0.206. The van der Waals surface area contributed by atoms with Crippen LogP contribution >= 0.6 is 15.9 Å². The summed E-state index contributed by atoms with van der Waals surface area (Å²) >= 11 is 3.09. The normalized spacial score (nSPS) is 14.3. The fourth-order valence-electron chi connectivity index (χ4n) is 2.38. The van der Waals surface area contributed by atoms with Crippen LogP contribution in [0.15, 0.2) is 16.7 Å². The van der Waals surface area contributed by atoms with Gasteiger partial charge in [-0.3, -0.25) is 0 Å². The van der Waals surface area contributed by atoms with Gasteiger partial charge in [0.15, 0.2) is 11.8 Å². The number of rotatable bonds is 2. The second-order valence-electron chi connectivity index (χ2n) is 6.12. The van der Waals surface area contributed by atoms with Gasteiger partial charge in [0.1, 0.15) is 5.65 Å². The minimum Gasteiger partial charge on any atom is -0.476 e. The number of aromatic carboxylic acids is 1. The molecule has 126 valence electrons. The van der Waals surface area contributed by atoms with E-state index in [0.29, 0.717) is 0 Å². The minimum atomic E-state index is -4.89. The van der Waals surface area contributed by atoms with E-state index in [4.69, 9.17) is 0 Å². The second kappa shape index (κ2) is 5.48. The highest BCUT2D eigenvalue weighted by Crippen LogP contribution is 2.37. The monoisotopic (exact) mass is 394 g/mol. The summed E-state index contributed by atoms with van der Waals surface area (Å²) in [7, 11) is 0. The smallest absolute Gasteiger partial charge is 0.418 e. The molecule has 0 saturated heterocycles. The Morgan fingerprint density at radius 3 is 2.35 bits per heavy atom. The Kier molecular flexibility index (Phi) is 4.23. The Balaban J connectivity index is 2.91. The van der Waals surface area contributed by atoms with Gasteiger partial charge in [-0.05, 0) is 22.0 Å². The van der Waals surface area contributed by atoms with Crippen molar-refractivity contribution < 1.29 is 28.2 Å². The van der Waals surface area contributed by atoms with Crippen LogP contribution in [0.2, 0.25) is 0 Å². The van der Waals surface area contributed by atoms with E-state index in [1.807, 2.05) is 0 Å². The largest absolute Gasteiger partial charge is 0.476 e. The Hall–Kier alpha value is -1.61. The third-order valence-electron chi connectivity index (χ3n) is 3.23. The molecule has 2 rings (SSSR count). The standard InChI is InChI=1S/C14H14BrF3N2O3/c1-13(2,3)9-8(12(22)23)19-11-7(10(21)14(16,17)18)4-6(15)5-20(9)11/h4-5,10,21H,1-3H3,(H,22,23). The molecule has 5 nitrogen and oxygen atoms in total. The number of imidazole rings is 1. The number of carboxylic acids is 1. The maximum Gasteiger partial charge on any atom is 0.418 e. The topological polar surface area (TPSA) is 74.8 Å². The molecule has 1 unspecified atom stereocenters. The first kappa shape index (κ1) is 17.7. The van der Waals surface area contributed by atoms with E-state index in [0.717, 1.165) is 6.07 Å². The number of halogens is 4. The molecule has 0 aliphatic heterocycles. The zero-order valence-corrected chi connectivity index (χ0v) is 14.0. The molecular formula is C14H14BrF3N2O3. The van der Waals surface area contributed by atoms with E-state index in [9.17, 15) is 28.2 Å². The van der Waals surface area contributed by atoms with E-state index in [1.165, 1.54) is 10.6 Å². The molecule has 0 radical (unpaired) electrons. The lowest BCUT2D eigenvalue weighted by atomic mass is 9.90. The van der Waals surface area contributed by atoms with Gasteiger partial charge in [0, 0.05) is 21.6 Å². The number of aromatic nitrogens is 2. The van der Waals surface area contributed by atoms with Gasteiger partial charge in [-0.15, -0.1) is 0 Å². The van der Waals surface area contributed by atoms with Crippen LogP contribution in [0, 0.1) is 0 Å². The van der Waals surface area contributed by atoms with Gasteiger partial charge in [-0.1, -0.05) is 20.8 Å². The zero-order chi connectivity index (χ0) is 17.7. The lowest BCUT2D eigenvalue weighted by Gasteiger charge is -2.20. The molecule has 0 saturated carbocycles. The van der Waals surface area contributed by atoms with E-state index in [-0.39, 0.29) is 21.5 Å². The average molecular weight is 395 g/mol. The number of aliphatic hydroxyl groups excluding tert-OH is 1. The maximum absolute atomic E-state index is 12.9. The van der Waals surface area contributed by atoms with Crippen LogP contribution in [0.1, 0.15) is 48.6 Å². The molecule has 0 amide bonds. The van der Waals surface area contributed by atoms with Crippen molar-refractivity contribution in [2.45, 2.75) is 38.5 Å². The van der Waals surface area contributed by atoms with Crippen molar-refractivity contribution in [3.63, 3.8) is 0 Å². The van der Waals surface area contributed by atoms with Gasteiger partial charge in [-0.25, -0.2) is 9.78 Å². The molecule has 9 heteroatoms. The number of pyridine rings is 1. The Morgan fingerprint density at radius 1 is 1.35 bits per heavy atom. The number of carbonyl (C=O) groups is 1. The first-order chi connectivity index (χ1) is 10.3. The first-order valence-electron chi connectivity index (χ1n) is 6.54. The van der Waals surface area contributed by atoms with Gasteiger partial charge >= 0.3 is 12.1 Å². The van der Waals surface area contributed by atoms with Gasteiger partial charge < -0.3 is 14.6 Å². The van der Waals surface area contributed by atoms with Crippen molar-refractivity contribution in [1.82, 2.24) is 9.38 Å². The van der Waals surface area contributed by atoms with Crippen molar-refractivity contribution in [2.75, 3.05) is 0 Å². The summed E-state index contributed by atoms with van der Waals surface area (Å²) in [5.74, 6) is -1.35. The summed E-state index contributed by atoms with van der Waals surface area (Å²) in [6.45, 7) is 5.18. The maximum atomic E-state index is 12.9. The van der Waals surface area contributed by atoms with E-state index >= 15 is 0 Å². The average Bonchev–Trinajstić information content (AvgIpc) is 2.74. The molecule has 0 spiro atoms. The summed E-state index contributed by atoms with van der Waals surface area (Å²) in [5.41, 5.74) is -1.53. The zero-order valence-electron chi connectivity index (χ0n) is 12.4. The van der Waals surface area contributed by atoms with Gasteiger partial charge in [-0.2, -0.15) is 13.2 Å². The molecule has 0 aliphatic rings. The van der Waals surface area contributed by atoms with Crippen molar-refractivity contribution in [2.24, 2.45) is 0 Å². The Morgan fingerprint density at radius 2 is 1.91 bits per heavy atom. The SMILES string of the molecule is CC(C)(C)c1c(C(=O)O)nc2c(C(O)C(F)(F)F)cc(Br)cn12. The van der Waals surface area contributed by atoms with Crippen LogP contribution < -0.4 is 0 Å². The molecule has 2 heterocycles. The fraction of sp³-hybridized carbons (Fsp3) is 0.429. The molecule has 2 aromatic heterocycles. The molecule has 0 aliphatic carbocycles. The third-order valence-corrected chi connectivity index (χ3v) is 3.67. The van der Waals surface area contributed by atoms with E-state index < -0.39 is 29.2 Å². The predicted octanol–water partition coefficient (Wildman–Crippen LogP) is 3.69. The number of alkyl halides is 3. The second-order valence-corrected chi connectivity index (χ2v) is 7.03. The molecule has 1 atom stereocenters. The van der Waals surface area contributed by atoms with Gasteiger partial charge in [0.25, 0.3) is 0 Å². The molecule has 23 heavy (non-hydrogen) atoms. The van der Waals surface area contributed by atoms with E-state index in [2.05, 4.69) is 20.9 Å². The van der Waals surface area contributed by atoms with Crippen molar-refractivity contribution >= 4 is 27.5 Å². The van der Waals surface area contributed by atoms with Crippen LogP contribution in [-0.2, 0) is 5.41 Å². The highest BCUT2D eigenvalue weighted by molar-refractivity contribution is 9.10.